The Morgan fingerprint density at radius 2 is 1.86 bits per heavy atom. The number of nitrogens with zero attached hydrogens (tertiary/aromatic N) is 1. The molecule has 3 aliphatic rings. The number of fused-ring (bicyclic) bond motifs is 1. The van der Waals surface area contributed by atoms with Gasteiger partial charge in [-0.2, -0.15) is 0 Å². The van der Waals surface area contributed by atoms with Crippen LogP contribution in [-0.4, -0.2) is 4.57 Å². The summed E-state index contributed by atoms with van der Waals surface area (Å²) in [6, 6.07) is 2.62. The molecule has 1 heterocycles. The molecular formula is C19H30N2. The van der Waals surface area contributed by atoms with Crippen LogP contribution in [0.2, 0.25) is 0 Å². The topological polar surface area (TPSA) is 30.9 Å². The summed E-state index contributed by atoms with van der Waals surface area (Å²) in [5, 5.41) is 0. The molecule has 0 saturated heterocycles. The van der Waals surface area contributed by atoms with Crippen LogP contribution in [0, 0.1) is 30.1 Å². The Hall–Kier alpha value is -0.760. The first-order valence-corrected chi connectivity index (χ1v) is 8.89. The molecule has 2 fully saturated rings. The van der Waals surface area contributed by atoms with Gasteiger partial charge >= 0.3 is 0 Å². The lowest BCUT2D eigenvalue weighted by Crippen LogP contribution is -2.31. The van der Waals surface area contributed by atoms with Crippen molar-refractivity contribution >= 4 is 0 Å². The largest absolute Gasteiger partial charge is 0.348 e. The summed E-state index contributed by atoms with van der Waals surface area (Å²) in [5.41, 5.74) is 11.3. The van der Waals surface area contributed by atoms with Gasteiger partial charge in [0.2, 0.25) is 0 Å². The smallest absolute Gasteiger partial charge is 0.0318 e. The molecule has 0 spiro atoms. The molecular weight excluding hydrogens is 256 g/mol. The normalized spacial score (nSPS) is 28.0. The number of hydrogen-bond donors (Lipinski definition) is 1. The first-order chi connectivity index (χ1) is 9.94. The van der Waals surface area contributed by atoms with Crippen LogP contribution < -0.4 is 5.73 Å². The van der Waals surface area contributed by atoms with Crippen molar-refractivity contribution in [2.75, 3.05) is 0 Å². The fraction of sp³-hybridized carbons (Fsp3) is 0.789. The molecule has 116 valence electrons. The third-order valence-electron chi connectivity index (χ3n) is 6.12. The van der Waals surface area contributed by atoms with E-state index in [0.29, 0.717) is 5.41 Å². The summed E-state index contributed by atoms with van der Waals surface area (Å²) < 4.78 is 2.65. The average molecular weight is 286 g/mol. The molecule has 0 bridgehead atoms. The Morgan fingerprint density at radius 1 is 1.24 bits per heavy atom. The van der Waals surface area contributed by atoms with Crippen LogP contribution in [0.1, 0.15) is 68.9 Å². The van der Waals surface area contributed by atoms with Gasteiger partial charge in [0, 0.05) is 24.0 Å². The van der Waals surface area contributed by atoms with E-state index in [9.17, 15) is 0 Å². The summed E-state index contributed by atoms with van der Waals surface area (Å²) >= 11 is 0. The highest BCUT2D eigenvalue weighted by molar-refractivity contribution is 5.34. The van der Waals surface area contributed by atoms with E-state index >= 15 is 0 Å². The first-order valence-electron chi connectivity index (χ1n) is 8.89. The quantitative estimate of drug-likeness (QED) is 0.883. The lowest BCUT2D eigenvalue weighted by Gasteiger charge is -2.35. The molecule has 0 amide bonds. The molecule has 1 unspecified atom stereocenters. The molecule has 0 aromatic carbocycles. The van der Waals surface area contributed by atoms with Crippen LogP contribution in [0.4, 0.5) is 0 Å². The van der Waals surface area contributed by atoms with Gasteiger partial charge in [0.15, 0.2) is 0 Å². The zero-order valence-electron chi connectivity index (χ0n) is 13.9. The number of aromatic nitrogens is 1. The molecule has 4 rings (SSSR count). The summed E-state index contributed by atoms with van der Waals surface area (Å²) in [5.74, 6) is 3.00. The van der Waals surface area contributed by atoms with E-state index in [1.165, 1.54) is 49.9 Å². The minimum Gasteiger partial charge on any atom is -0.348 e. The van der Waals surface area contributed by atoms with Crippen LogP contribution >= 0.6 is 0 Å². The Balaban J connectivity index is 1.66. The molecule has 3 aliphatic carbocycles. The van der Waals surface area contributed by atoms with Crippen LogP contribution in [0.3, 0.4) is 0 Å². The number of nitrogens with two attached hydrogens (primary N) is 1. The van der Waals surface area contributed by atoms with Gasteiger partial charge in [-0.1, -0.05) is 13.8 Å². The molecule has 0 radical (unpaired) electrons. The van der Waals surface area contributed by atoms with E-state index in [1.807, 2.05) is 0 Å². The van der Waals surface area contributed by atoms with Gasteiger partial charge < -0.3 is 10.3 Å². The van der Waals surface area contributed by atoms with E-state index in [4.69, 9.17) is 5.73 Å². The third kappa shape index (κ3) is 2.56. The van der Waals surface area contributed by atoms with Gasteiger partial charge in [-0.15, -0.1) is 0 Å². The second-order valence-corrected chi connectivity index (χ2v) is 8.79. The van der Waals surface area contributed by atoms with Crippen LogP contribution in [0.15, 0.2) is 6.07 Å². The molecule has 2 heteroatoms. The standard InChI is InChI=1S/C19H30N2/c1-12-8-15-17(20)9-19(2,3)10-18(15)21(12)11-16(13-4-5-13)14-6-7-14/h8,13-14,16-17H,4-7,9-11,20H2,1-3H3. The van der Waals surface area contributed by atoms with Crippen LogP contribution in [0.25, 0.3) is 0 Å². The highest BCUT2D eigenvalue weighted by atomic mass is 15.0. The van der Waals surface area contributed by atoms with Gasteiger partial charge in [0.25, 0.3) is 0 Å². The van der Waals surface area contributed by atoms with E-state index in [2.05, 4.69) is 31.4 Å². The second-order valence-electron chi connectivity index (χ2n) is 8.79. The minimum atomic E-state index is 0.240. The molecule has 0 aliphatic heterocycles. The fourth-order valence-corrected chi connectivity index (χ4v) is 4.70. The fourth-order valence-electron chi connectivity index (χ4n) is 4.70. The first kappa shape index (κ1) is 13.9. The maximum absolute atomic E-state index is 6.47. The molecule has 2 N–H and O–H groups in total. The third-order valence-corrected chi connectivity index (χ3v) is 6.12. The van der Waals surface area contributed by atoms with Gasteiger partial charge in [0.05, 0.1) is 0 Å². The van der Waals surface area contributed by atoms with E-state index in [-0.39, 0.29) is 6.04 Å². The van der Waals surface area contributed by atoms with Crippen molar-refractivity contribution in [1.82, 2.24) is 4.57 Å². The zero-order chi connectivity index (χ0) is 14.8. The van der Waals surface area contributed by atoms with Crippen LogP contribution in [0.5, 0.6) is 0 Å². The summed E-state index contributed by atoms with van der Waals surface area (Å²) in [4.78, 5) is 0. The van der Waals surface area contributed by atoms with Crippen molar-refractivity contribution in [2.45, 2.75) is 71.9 Å². The number of hydrogen-bond acceptors (Lipinski definition) is 1. The van der Waals surface area contributed by atoms with Crippen molar-refractivity contribution in [1.29, 1.82) is 0 Å². The van der Waals surface area contributed by atoms with Crippen molar-refractivity contribution < 1.29 is 0 Å². The van der Waals surface area contributed by atoms with Crippen molar-refractivity contribution in [3.05, 3.63) is 23.0 Å². The summed E-state index contributed by atoms with van der Waals surface area (Å²) in [6.07, 6.45) is 8.25. The maximum Gasteiger partial charge on any atom is 0.0318 e. The van der Waals surface area contributed by atoms with Gasteiger partial charge in [-0.25, -0.2) is 0 Å². The molecule has 2 nitrogen and oxygen atoms in total. The highest BCUT2D eigenvalue weighted by Crippen LogP contribution is 2.50. The van der Waals surface area contributed by atoms with Crippen molar-refractivity contribution in [3.8, 4) is 0 Å². The SMILES string of the molecule is Cc1cc2c(n1CC(C1CC1)C1CC1)CC(C)(C)CC2N. The molecule has 1 atom stereocenters. The van der Waals surface area contributed by atoms with Crippen molar-refractivity contribution in [2.24, 2.45) is 28.9 Å². The number of aryl methyl sites for hydroxylation is 1. The predicted octanol–water partition coefficient (Wildman–Crippen LogP) is 4.20. The molecule has 2 saturated carbocycles. The Labute approximate surface area is 129 Å². The molecule has 1 aromatic heterocycles. The lowest BCUT2D eigenvalue weighted by molar-refractivity contribution is 0.266. The Kier molecular flexibility index (Phi) is 3.05. The predicted molar refractivity (Wildman–Crippen MR) is 87.1 cm³/mol. The van der Waals surface area contributed by atoms with Gasteiger partial charge in [0.1, 0.15) is 0 Å². The van der Waals surface area contributed by atoms with Gasteiger partial charge in [-0.05, 0) is 80.2 Å². The van der Waals surface area contributed by atoms with Crippen molar-refractivity contribution in [3.63, 3.8) is 0 Å². The summed E-state index contributed by atoms with van der Waals surface area (Å²) in [7, 11) is 0. The number of rotatable bonds is 4. The van der Waals surface area contributed by atoms with Crippen LogP contribution in [-0.2, 0) is 13.0 Å². The maximum atomic E-state index is 6.47. The Bertz CT molecular complexity index is 534. The molecule has 21 heavy (non-hydrogen) atoms. The average Bonchev–Trinajstić information content (AvgIpc) is 3.26. The van der Waals surface area contributed by atoms with E-state index in [0.717, 1.165) is 24.2 Å². The highest BCUT2D eigenvalue weighted by Gasteiger charge is 2.42. The second kappa shape index (κ2) is 4.62. The Morgan fingerprint density at radius 3 is 2.43 bits per heavy atom. The lowest BCUT2D eigenvalue weighted by atomic mass is 9.74. The van der Waals surface area contributed by atoms with Gasteiger partial charge in [-0.3, -0.25) is 0 Å². The van der Waals surface area contributed by atoms with E-state index < -0.39 is 0 Å². The summed E-state index contributed by atoms with van der Waals surface area (Å²) in [6.45, 7) is 8.30. The zero-order valence-corrected chi connectivity index (χ0v) is 13.9. The molecule has 1 aromatic rings. The monoisotopic (exact) mass is 286 g/mol. The van der Waals surface area contributed by atoms with E-state index in [1.54, 1.807) is 5.69 Å². The minimum absolute atomic E-state index is 0.240.